The van der Waals surface area contributed by atoms with Crippen LogP contribution in [0.3, 0.4) is 0 Å². The number of hydrogen-bond donors (Lipinski definition) is 1. The molecular formula is C15H22N2O2. The Bertz CT molecular complexity index is 451. The van der Waals surface area contributed by atoms with Crippen molar-refractivity contribution in [3.05, 3.63) is 33.9 Å². The molecule has 0 aliphatic heterocycles. The van der Waals surface area contributed by atoms with Crippen LogP contribution in [-0.2, 0) is 0 Å². The molecule has 0 heterocycles. The lowest BCUT2D eigenvalue weighted by Gasteiger charge is -2.26. The minimum absolute atomic E-state index is 0.162. The maximum Gasteiger partial charge on any atom is 0.269 e. The summed E-state index contributed by atoms with van der Waals surface area (Å²) >= 11 is 0. The van der Waals surface area contributed by atoms with E-state index in [4.69, 9.17) is 0 Å². The van der Waals surface area contributed by atoms with Crippen LogP contribution in [0.1, 0.15) is 38.2 Å². The third kappa shape index (κ3) is 3.69. The molecule has 1 fully saturated rings. The highest BCUT2D eigenvalue weighted by Gasteiger charge is 2.18. The number of rotatable bonds is 4. The predicted molar refractivity (Wildman–Crippen MR) is 77.4 cm³/mol. The van der Waals surface area contributed by atoms with Crippen molar-refractivity contribution in [3.63, 3.8) is 0 Å². The molecule has 0 bridgehead atoms. The summed E-state index contributed by atoms with van der Waals surface area (Å²) in [6, 6.07) is 5.02. The monoisotopic (exact) mass is 262 g/mol. The fourth-order valence-electron chi connectivity index (χ4n) is 2.75. The lowest BCUT2D eigenvalue weighted by Crippen LogP contribution is -2.20. The van der Waals surface area contributed by atoms with E-state index < -0.39 is 0 Å². The van der Waals surface area contributed by atoms with Gasteiger partial charge in [-0.05, 0) is 43.2 Å². The van der Waals surface area contributed by atoms with E-state index in [1.165, 1.54) is 25.7 Å². The van der Waals surface area contributed by atoms with Crippen LogP contribution < -0.4 is 5.32 Å². The molecule has 1 aliphatic carbocycles. The van der Waals surface area contributed by atoms with E-state index in [-0.39, 0.29) is 10.6 Å². The highest BCUT2D eigenvalue weighted by Crippen LogP contribution is 2.29. The molecule has 104 valence electrons. The van der Waals surface area contributed by atoms with Crippen molar-refractivity contribution in [3.8, 4) is 0 Å². The minimum atomic E-state index is -0.348. The topological polar surface area (TPSA) is 55.2 Å². The molecule has 2 rings (SSSR count). The van der Waals surface area contributed by atoms with E-state index in [1.807, 2.05) is 13.0 Å². The second kappa shape index (κ2) is 6.04. The van der Waals surface area contributed by atoms with Gasteiger partial charge in [-0.2, -0.15) is 0 Å². The van der Waals surface area contributed by atoms with Gasteiger partial charge >= 0.3 is 0 Å². The van der Waals surface area contributed by atoms with Crippen LogP contribution in [-0.4, -0.2) is 11.5 Å². The Morgan fingerprint density at radius 2 is 2.00 bits per heavy atom. The average molecular weight is 262 g/mol. The number of anilines is 1. The SMILES string of the molecule is Cc1cc([N+](=O)[O-])ccc1NCC1CCC(C)CC1. The van der Waals surface area contributed by atoms with Crippen molar-refractivity contribution in [1.29, 1.82) is 0 Å². The van der Waals surface area contributed by atoms with Crippen molar-refractivity contribution in [2.75, 3.05) is 11.9 Å². The van der Waals surface area contributed by atoms with Gasteiger partial charge in [-0.15, -0.1) is 0 Å². The van der Waals surface area contributed by atoms with Gasteiger partial charge in [0, 0.05) is 24.4 Å². The first-order valence-corrected chi connectivity index (χ1v) is 7.05. The highest BCUT2D eigenvalue weighted by atomic mass is 16.6. The molecule has 1 aromatic rings. The number of hydrogen-bond acceptors (Lipinski definition) is 3. The molecule has 4 heteroatoms. The van der Waals surface area contributed by atoms with Gasteiger partial charge in [0.15, 0.2) is 0 Å². The quantitative estimate of drug-likeness (QED) is 0.655. The Morgan fingerprint density at radius 1 is 1.32 bits per heavy atom. The Kier molecular flexibility index (Phi) is 4.40. The zero-order valence-electron chi connectivity index (χ0n) is 11.7. The van der Waals surface area contributed by atoms with Crippen LogP contribution in [0, 0.1) is 28.9 Å². The molecule has 19 heavy (non-hydrogen) atoms. The number of nitrogens with zero attached hydrogens (tertiary/aromatic N) is 1. The number of nitro groups is 1. The van der Waals surface area contributed by atoms with Crippen molar-refractivity contribution in [1.82, 2.24) is 0 Å². The maximum atomic E-state index is 10.7. The van der Waals surface area contributed by atoms with Crippen LogP contribution in [0.4, 0.5) is 11.4 Å². The van der Waals surface area contributed by atoms with Crippen LogP contribution in [0.2, 0.25) is 0 Å². The Morgan fingerprint density at radius 3 is 2.58 bits per heavy atom. The number of benzene rings is 1. The first-order chi connectivity index (χ1) is 9.06. The van der Waals surface area contributed by atoms with Crippen molar-refractivity contribution in [2.45, 2.75) is 39.5 Å². The van der Waals surface area contributed by atoms with Gasteiger partial charge in [0.05, 0.1) is 4.92 Å². The molecule has 0 spiro atoms. The summed E-state index contributed by atoms with van der Waals surface area (Å²) in [6.45, 7) is 5.22. The standard InChI is InChI=1S/C15H22N2O2/c1-11-3-5-13(6-4-11)10-16-15-8-7-14(17(18)19)9-12(15)2/h7-9,11,13,16H,3-6,10H2,1-2H3. The van der Waals surface area contributed by atoms with Gasteiger partial charge in [0.25, 0.3) is 5.69 Å². The van der Waals surface area contributed by atoms with E-state index in [1.54, 1.807) is 12.1 Å². The van der Waals surface area contributed by atoms with Gasteiger partial charge in [-0.1, -0.05) is 19.8 Å². The van der Waals surface area contributed by atoms with Gasteiger partial charge < -0.3 is 5.32 Å². The summed E-state index contributed by atoms with van der Waals surface area (Å²) in [7, 11) is 0. The van der Waals surface area contributed by atoms with E-state index >= 15 is 0 Å². The molecule has 0 radical (unpaired) electrons. The van der Waals surface area contributed by atoms with Crippen molar-refractivity contribution >= 4 is 11.4 Å². The van der Waals surface area contributed by atoms with Gasteiger partial charge in [0.2, 0.25) is 0 Å². The fraction of sp³-hybridized carbons (Fsp3) is 0.600. The van der Waals surface area contributed by atoms with Gasteiger partial charge in [-0.25, -0.2) is 0 Å². The summed E-state index contributed by atoms with van der Waals surface area (Å²) in [5, 5.41) is 14.1. The zero-order valence-corrected chi connectivity index (χ0v) is 11.7. The molecule has 1 N–H and O–H groups in total. The molecule has 0 unspecified atom stereocenters. The molecule has 0 amide bonds. The number of aryl methyl sites for hydroxylation is 1. The van der Waals surface area contributed by atoms with Crippen LogP contribution in [0.15, 0.2) is 18.2 Å². The van der Waals surface area contributed by atoms with E-state index in [2.05, 4.69) is 12.2 Å². The van der Waals surface area contributed by atoms with E-state index in [0.717, 1.165) is 29.6 Å². The Hall–Kier alpha value is -1.58. The maximum absolute atomic E-state index is 10.7. The summed E-state index contributed by atoms with van der Waals surface area (Å²) in [5.74, 6) is 1.61. The number of nitro benzene ring substituents is 1. The van der Waals surface area contributed by atoms with Gasteiger partial charge in [-0.3, -0.25) is 10.1 Å². The first kappa shape index (κ1) is 13.8. The largest absolute Gasteiger partial charge is 0.385 e. The third-order valence-corrected chi connectivity index (χ3v) is 4.14. The van der Waals surface area contributed by atoms with E-state index in [0.29, 0.717) is 0 Å². The summed E-state index contributed by atoms with van der Waals surface area (Å²) in [5.41, 5.74) is 2.12. The van der Waals surface area contributed by atoms with Crippen molar-refractivity contribution in [2.24, 2.45) is 11.8 Å². The summed E-state index contributed by atoms with van der Waals surface area (Å²) < 4.78 is 0. The Labute approximate surface area is 114 Å². The van der Waals surface area contributed by atoms with Crippen LogP contribution in [0.25, 0.3) is 0 Å². The molecule has 1 aromatic carbocycles. The van der Waals surface area contributed by atoms with Crippen LogP contribution >= 0.6 is 0 Å². The molecule has 0 saturated heterocycles. The molecule has 4 nitrogen and oxygen atoms in total. The van der Waals surface area contributed by atoms with Crippen LogP contribution in [0.5, 0.6) is 0 Å². The zero-order chi connectivity index (χ0) is 13.8. The summed E-state index contributed by atoms with van der Waals surface area (Å²) in [6.07, 6.45) is 5.23. The second-order valence-corrected chi connectivity index (χ2v) is 5.76. The van der Waals surface area contributed by atoms with E-state index in [9.17, 15) is 10.1 Å². The predicted octanol–water partition coefficient (Wildman–Crippen LogP) is 4.14. The fourth-order valence-corrected chi connectivity index (χ4v) is 2.75. The smallest absolute Gasteiger partial charge is 0.269 e. The van der Waals surface area contributed by atoms with Gasteiger partial charge in [0.1, 0.15) is 0 Å². The minimum Gasteiger partial charge on any atom is -0.385 e. The highest BCUT2D eigenvalue weighted by molar-refractivity contribution is 5.55. The third-order valence-electron chi connectivity index (χ3n) is 4.14. The lowest BCUT2D eigenvalue weighted by molar-refractivity contribution is -0.384. The molecule has 0 aromatic heterocycles. The molecular weight excluding hydrogens is 240 g/mol. The molecule has 1 saturated carbocycles. The lowest BCUT2D eigenvalue weighted by atomic mass is 9.83. The summed E-state index contributed by atoms with van der Waals surface area (Å²) in [4.78, 5) is 10.3. The Balaban J connectivity index is 1.91. The van der Waals surface area contributed by atoms with Crippen molar-refractivity contribution < 1.29 is 4.92 Å². The normalized spacial score (nSPS) is 23.1. The molecule has 1 aliphatic rings. The number of nitrogens with one attached hydrogen (secondary N) is 1. The molecule has 0 atom stereocenters. The second-order valence-electron chi connectivity index (χ2n) is 5.76. The average Bonchev–Trinajstić information content (AvgIpc) is 2.39. The number of non-ortho nitro benzene ring substituents is 1. The first-order valence-electron chi connectivity index (χ1n) is 7.05.